The van der Waals surface area contributed by atoms with Gasteiger partial charge in [0.15, 0.2) is 0 Å². The molecule has 7 heteroatoms. The van der Waals surface area contributed by atoms with Gasteiger partial charge >= 0.3 is 0 Å². The van der Waals surface area contributed by atoms with E-state index in [0.717, 1.165) is 11.3 Å². The molecule has 1 saturated heterocycles. The number of ether oxygens (including phenoxy) is 2. The molecule has 1 aliphatic rings. The van der Waals surface area contributed by atoms with Crippen LogP contribution in [0.15, 0.2) is 47.4 Å². The van der Waals surface area contributed by atoms with Crippen molar-refractivity contribution in [2.45, 2.75) is 26.2 Å². The van der Waals surface area contributed by atoms with Crippen molar-refractivity contribution in [1.29, 1.82) is 0 Å². The predicted molar refractivity (Wildman–Crippen MR) is 124 cm³/mol. The number of amides is 1. The van der Waals surface area contributed by atoms with Gasteiger partial charge in [0.25, 0.3) is 5.91 Å². The fourth-order valence-corrected chi connectivity index (χ4v) is 3.90. The Labute approximate surface area is 185 Å². The Balaban J connectivity index is 1.60. The Morgan fingerprint density at radius 2 is 1.79 bits per heavy atom. The normalized spacial score (nSPS) is 15.5. The second-order valence-electron chi connectivity index (χ2n) is 7.51. The van der Waals surface area contributed by atoms with E-state index in [1.165, 1.54) is 17.3 Å². The third-order valence-electron chi connectivity index (χ3n) is 4.23. The molecule has 0 atom stereocenters. The average Bonchev–Trinajstić information content (AvgIpc) is 2.97. The number of thiocarbonyl (C=S) groups is 1. The highest BCUT2D eigenvalue weighted by atomic mass is 35.5. The van der Waals surface area contributed by atoms with E-state index < -0.39 is 0 Å². The van der Waals surface area contributed by atoms with Crippen molar-refractivity contribution in [3.05, 3.63) is 63.5 Å². The maximum atomic E-state index is 11.9. The Kier molecular flexibility index (Phi) is 6.88. The van der Waals surface area contributed by atoms with Crippen LogP contribution >= 0.6 is 35.6 Å². The van der Waals surface area contributed by atoms with Crippen LogP contribution in [0.5, 0.6) is 11.5 Å². The van der Waals surface area contributed by atoms with Crippen LogP contribution in [-0.2, 0) is 10.2 Å². The highest BCUT2D eigenvalue weighted by Crippen LogP contribution is 2.31. The number of rotatable bonds is 6. The van der Waals surface area contributed by atoms with Crippen molar-refractivity contribution < 1.29 is 14.3 Å². The molecule has 1 heterocycles. The van der Waals surface area contributed by atoms with Crippen LogP contribution in [0.4, 0.5) is 0 Å². The Morgan fingerprint density at radius 1 is 1.10 bits per heavy atom. The number of nitrogens with one attached hydrogen (secondary N) is 1. The standard InChI is InChI=1S/C22H22ClNO3S2/c1-22(2,3)15-4-7-17(8-5-15)26-10-11-27-18-9-6-16(23)12-14(18)13-19-20(25)24-21(28)29-19/h4-9,12-13H,10-11H2,1-3H3,(H,24,25,28)/b19-13-. The van der Waals surface area contributed by atoms with Gasteiger partial charge in [-0.05, 0) is 47.4 Å². The molecule has 0 aromatic heterocycles. The van der Waals surface area contributed by atoms with Gasteiger partial charge in [0.2, 0.25) is 0 Å². The molecule has 0 unspecified atom stereocenters. The van der Waals surface area contributed by atoms with Crippen molar-refractivity contribution in [2.24, 2.45) is 0 Å². The summed E-state index contributed by atoms with van der Waals surface area (Å²) in [6.45, 7) is 7.29. The first-order chi connectivity index (χ1) is 13.7. The summed E-state index contributed by atoms with van der Waals surface area (Å²) < 4.78 is 12.1. The number of benzene rings is 2. The van der Waals surface area contributed by atoms with Gasteiger partial charge in [-0.15, -0.1) is 0 Å². The summed E-state index contributed by atoms with van der Waals surface area (Å²) >= 11 is 12.4. The molecule has 0 spiro atoms. The molecule has 1 fully saturated rings. The van der Waals surface area contributed by atoms with Crippen LogP contribution in [-0.4, -0.2) is 23.4 Å². The second-order valence-corrected chi connectivity index (χ2v) is 9.66. The highest BCUT2D eigenvalue weighted by Gasteiger charge is 2.22. The SMILES string of the molecule is CC(C)(C)c1ccc(OCCOc2ccc(Cl)cc2/C=C2\SC(=S)NC2=O)cc1. The monoisotopic (exact) mass is 447 g/mol. The second kappa shape index (κ2) is 9.20. The van der Waals surface area contributed by atoms with Gasteiger partial charge in [0, 0.05) is 10.6 Å². The number of carbonyl (C=O) groups excluding carboxylic acids is 1. The number of hydrogen-bond donors (Lipinski definition) is 1. The number of thioether (sulfide) groups is 1. The van der Waals surface area contributed by atoms with Gasteiger partial charge in [0.1, 0.15) is 29.0 Å². The minimum absolute atomic E-state index is 0.110. The first-order valence-electron chi connectivity index (χ1n) is 9.13. The van der Waals surface area contributed by atoms with Gasteiger partial charge in [-0.2, -0.15) is 0 Å². The van der Waals surface area contributed by atoms with E-state index in [1.54, 1.807) is 24.3 Å². The van der Waals surface area contributed by atoms with Gasteiger partial charge in [-0.3, -0.25) is 4.79 Å². The third kappa shape index (κ3) is 5.98. The van der Waals surface area contributed by atoms with E-state index in [-0.39, 0.29) is 11.3 Å². The quantitative estimate of drug-likeness (QED) is 0.355. The summed E-state index contributed by atoms with van der Waals surface area (Å²) in [7, 11) is 0. The molecule has 3 rings (SSSR count). The zero-order valence-corrected chi connectivity index (χ0v) is 18.8. The van der Waals surface area contributed by atoms with E-state index in [2.05, 4.69) is 38.2 Å². The molecule has 2 aromatic rings. The van der Waals surface area contributed by atoms with Gasteiger partial charge < -0.3 is 14.8 Å². The highest BCUT2D eigenvalue weighted by molar-refractivity contribution is 8.26. The number of halogens is 1. The van der Waals surface area contributed by atoms with Gasteiger partial charge in [-0.1, -0.05) is 68.5 Å². The lowest BCUT2D eigenvalue weighted by Crippen LogP contribution is -2.17. The lowest BCUT2D eigenvalue weighted by atomic mass is 9.87. The molecule has 29 heavy (non-hydrogen) atoms. The minimum atomic E-state index is -0.215. The molecule has 0 bridgehead atoms. The van der Waals surface area contributed by atoms with Crippen molar-refractivity contribution >= 4 is 51.9 Å². The summed E-state index contributed by atoms with van der Waals surface area (Å²) in [5, 5.41) is 3.16. The molecule has 1 aliphatic heterocycles. The maximum absolute atomic E-state index is 11.9. The van der Waals surface area contributed by atoms with Crippen molar-refractivity contribution in [1.82, 2.24) is 5.32 Å². The first kappa shape index (κ1) is 21.7. The lowest BCUT2D eigenvalue weighted by Gasteiger charge is -2.19. The first-order valence-corrected chi connectivity index (χ1v) is 10.7. The summed E-state index contributed by atoms with van der Waals surface area (Å²) in [6, 6.07) is 13.4. The molecular formula is C22H22ClNO3S2. The molecule has 0 saturated carbocycles. The summed E-state index contributed by atoms with van der Waals surface area (Å²) in [4.78, 5) is 12.4. The Morgan fingerprint density at radius 3 is 2.41 bits per heavy atom. The Hall–Kier alpha value is -2.02. The van der Waals surface area contributed by atoms with Crippen molar-refractivity contribution in [3.63, 3.8) is 0 Å². The van der Waals surface area contributed by atoms with Crippen LogP contribution in [0.2, 0.25) is 5.02 Å². The van der Waals surface area contributed by atoms with Crippen LogP contribution in [0.25, 0.3) is 6.08 Å². The van der Waals surface area contributed by atoms with E-state index >= 15 is 0 Å². The van der Waals surface area contributed by atoms with Crippen LogP contribution < -0.4 is 14.8 Å². The van der Waals surface area contributed by atoms with Gasteiger partial charge in [-0.25, -0.2) is 0 Å². The third-order valence-corrected chi connectivity index (χ3v) is 5.63. The van der Waals surface area contributed by atoms with Crippen LogP contribution in [0.1, 0.15) is 31.9 Å². The van der Waals surface area contributed by atoms with E-state index in [0.29, 0.717) is 33.2 Å². The number of carbonyl (C=O) groups is 1. The summed E-state index contributed by atoms with van der Waals surface area (Å²) in [6.07, 6.45) is 1.73. The molecule has 2 aromatic carbocycles. The Bertz CT molecular complexity index is 950. The molecular weight excluding hydrogens is 426 g/mol. The molecule has 152 valence electrons. The van der Waals surface area contributed by atoms with E-state index in [1.807, 2.05) is 12.1 Å². The largest absolute Gasteiger partial charge is 0.490 e. The molecule has 1 N–H and O–H groups in total. The van der Waals surface area contributed by atoms with Crippen molar-refractivity contribution in [2.75, 3.05) is 13.2 Å². The molecule has 1 amide bonds. The molecule has 0 aliphatic carbocycles. The predicted octanol–water partition coefficient (Wildman–Crippen LogP) is 5.58. The smallest absolute Gasteiger partial charge is 0.263 e. The van der Waals surface area contributed by atoms with Crippen LogP contribution in [0, 0.1) is 0 Å². The van der Waals surface area contributed by atoms with Gasteiger partial charge in [0.05, 0.1) is 4.91 Å². The summed E-state index contributed by atoms with van der Waals surface area (Å²) in [5.74, 6) is 1.21. The average molecular weight is 448 g/mol. The zero-order valence-electron chi connectivity index (χ0n) is 16.5. The van der Waals surface area contributed by atoms with Crippen LogP contribution in [0.3, 0.4) is 0 Å². The minimum Gasteiger partial charge on any atom is -0.490 e. The number of hydrogen-bond acceptors (Lipinski definition) is 5. The topological polar surface area (TPSA) is 47.6 Å². The zero-order chi connectivity index (χ0) is 21.0. The fourth-order valence-electron chi connectivity index (χ4n) is 2.69. The lowest BCUT2D eigenvalue weighted by molar-refractivity contribution is -0.115. The van der Waals surface area contributed by atoms with E-state index in [9.17, 15) is 4.79 Å². The molecule has 0 radical (unpaired) electrons. The summed E-state index contributed by atoms with van der Waals surface area (Å²) in [5.41, 5.74) is 2.09. The maximum Gasteiger partial charge on any atom is 0.263 e. The fraction of sp³-hybridized carbons (Fsp3) is 0.273. The van der Waals surface area contributed by atoms with E-state index in [4.69, 9.17) is 33.3 Å². The van der Waals surface area contributed by atoms with Crippen molar-refractivity contribution in [3.8, 4) is 11.5 Å². The molecule has 4 nitrogen and oxygen atoms in total.